The lowest BCUT2D eigenvalue weighted by Gasteiger charge is -2.28. The zero-order valence-corrected chi connectivity index (χ0v) is 15.7. The number of aliphatic hydroxyl groups excluding tert-OH is 1. The van der Waals surface area contributed by atoms with Crippen molar-refractivity contribution in [3.63, 3.8) is 0 Å². The molecule has 27 heavy (non-hydrogen) atoms. The van der Waals surface area contributed by atoms with Crippen LogP contribution in [0.5, 0.6) is 5.88 Å². The Morgan fingerprint density at radius 1 is 1.19 bits per heavy atom. The number of rotatable bonds is 5. The fourth-order valence-corrected chi connectivity index (χ4v) is 3.91. The van der Waals surface area contributed by atoms with Crippen LogP contribution in [0.15, 0.2) is 72.6 Å². The number of allylic oxidation sites excluding steroid dienone is 3. The Morgan fingerprint density at radius 2 is 2.04 bits per heavy atom. The van der Waals surface area contributed by atoms with Crippen LogP contribution in [0.1, 0.15) is 29.9 Å². The zero-order valence-electron chi connectivity index (χ0n) is 15.7. The van der Waals surface area contributed by atoms with Gasteiger partial charge in [-0.15, -0.1) is 0 Å². The van der Waals surface area contributed by atoms with Crippen LogP contribution in [0.2, 0.25) is 0 Å². The second-order valence-corrected chi connectivity index (χ2v) is 7.38. The molecule has 0 saturated carbocycles. The molecule has 4 heteroatoms. The highest BCUT2D eigenvalue weighted by molar-refractivity contribution is 5.33. The van der Waals surface area contributed by atoms with Gasteiger partial charge in [-0.2, -0.15) is 0 Å². The Hall–Kier alpha value is -2.59. The first-order chi connectivity index (χ1) is 13.2. The molecule has 1 aromatic carbocycles. The molecule has 1 N–H and O–H groups in total. The molecule has 0 radical (unpaired) electrons. The van der Waals surface area contributed by atoms with E-state index in [2.05, 4.69) is 58.4 Å². The average Bonchev–Trinajstić information content (AvgIpc) is 3.13. The summed E-state index contributed by atoms with van der Waals surface area (Å²) in [5.41, 5.74) is 3.65. The van der Waals surface area contributed by atoms with E-state index in [9.17, 15) is 5.11 Å². The normalized spacial score (nSPS) is 24.7. The highest BCUT2D eigenvalue weighted by Crippen LogP contribution is 2.32. The largest absolute Gasteiger partial charge is 0.472 e. The number of hydrogen-bond donors (Lipinski definition) is 1. The third-order valence-corrected chi connectivity index (χ3v) is 5.40. The van der Waals surface area contributed by atoms with E-state index in [1.807, 2.05) is 25.3 Å². The van der Waals surface area contributed by atoms with Crippen LogP contribution >= 0.6 is 0 Å². The fraction of sp³-hybridized carbons (Fsp3) is 0.348. The maximum Gasteiger partial charge on any atom is 0.213 e. The molecular weight excluding hydrogens is 336 g/mol. The van der Waals surface area contributed by atoms with Gasteiger partial charge in [0, 0.05) is 30.3 Å². The molecule has 4 nitrogen and oxygen atoms in total. The van der Waals surface area contributed by atoms with E-state index in [4.69, 9.17) is 4.74 Å². The Labute approximate surface area is 160 Å². The summed E-state index contributed by atoms with van der Waals surface area (Å²) in [6.07, 6.45) is 10.4. The monoisotopic (exact) mass is 362 g/mol. The van der Waals surface area contributed by atoms with Gasteiger partial charge < -0.3 is 14.7 Å². The first-order valence-corrected chi connectivity index (χ1v) is 9.63. The number of pyridine rings is 1. The van der Waals surface area contributed by atoms with Crippen molar-refractivity contribution in [2.24, 2.45) is 0 Å². The number of ether oxygens (including phenoxy) is 1. The molecule has 1 aromatic heterocycles. The zero-order chi connectivity index (χ0) is 18.6. The minimum atomic E-state index is 0.0403. The Kier molecular flexibility index (Phi) is 5.26. The SMILES string of the molecule is Cc1ccc(O[C@H]2C[C@@H](CO)N(C3=CCC(c4ccccc4)C=C3)C2)nc1. The molecule has 0 spiro atoms. The minimum Gasteiger partial charge on any atom is -0.472 e. The highest BCUT2D eigenvalue weighted by Gasteiger charge is 2.34. The van der Waals surface area contributed by atoms with Crippen LogP contribution < -0.4 is 4.74 Å². The summed E-state index contributed by atoms with van der Waals surface area (Å²) in [7, 11) is 0. The molecule has 2 aliphatic rings. The number of aliphatic hydroxyl groups is 1. The van der Waals surface area contributed by atoms with Crippen LogP contribution in [0, 0.1) is 6.92 Å². The second-order valence-electron chi connectivity index (χ2n) is 7.38. The average molecular weight is 362 g/mol. The van der Waals surface area contributed by atoms with Gasteiger partial charge in [0.2, 0.25) is 5.88 Å². The van der Waals surface area contributed by atoms with E-state index < -0.39 is 0 Å². The van der Waals surface area contributed by atoms with Gasteiger partial charge >= 0.3 is 0 Å². The fourth-order valence-electron chi connectivity index (χ4n) is 3.91. The lowest BCUT2D eigenvalue weighted by molar-refractivity contribution is 0.189. The predicted octanol–water partition coefficient (Wildman–Crippen LogP) is 3.83. The Balaban J connectivity index is 1.41. The maximum atomic E-state index is 9.85. The van der Waals surface area contributed by atoms with E-state index in [0.717, 1.165) is 24.9 Å². The van der Waals surface area contributed by atoms with Crippen molar-refractivity contribution < 1.29 is 9.84 Å². The van der Waals surface area contributed by atoms with Crippen molar-refractivity contribution in [3.8, 4) is 5.88 Å². The molecule has 2 heterocycles. The van der Waals surface area contributed by atoms with Gasteiger partial charge in [-0.25, -0.2) is 4.98 Å². The van der Waals surface area contributed by atoms with Crippen LogP contribution in [0.4, 0.5) is 0 Å². The molecule has 1 fully saturated rings. The van der Waals surface area contributed by atoms with Crippen LogP contribution in [-0.2, 0) is 0 Å². The molecule has 1 aliphatic carbocycles. The molecule has 1 aliphatic heterocycles. The van der Waals surface area contributed by atoms with Gasteiger partial charge in [-0.3, -0.25) is 0 Å². The van der Waals surface area contributed by atoms with Gasteiger partial charge in [0.25, 0.3) is 0 Å². The standard InChI is InChI=1S/C23H26N2O2/c1-17-7-12-23(24-14-17)27-22-13-21(16-26)25(15-22)20-10-8-19(9-11-20)18-5-3-2-4-6-18/h2-8,10-12,14,19,21-22,26H,9,13,15-16H2,1H3/t19?,21-,22-/m0/s1. The maximum absolute atomic E-state index is 9.85. The number of likely N-dealkylation sites (tertiary alicyclic amines) is 1. The van der Waals surface area contributed by atoms with Crippen molar-refractivity contribution in [1.29, 1.82) is 0 Å². The topological polar surface area (TPSA) is 45.6 Å². The van der Waals surface area contributed by atoms with Gasteiger partial charge in [0.15, 0.2) is 0 Å². The lowest BCUT2D eigenvalue weighted by atomic mass is 9.91. The predicted molar refractivity (Wildman–Crippen MR) is 107 cm³/mol. The molecule has 2 aromatic rings. The van der Waals surface area contributed by atoms with Gasteiger partial charge in [-0.1, -0.05) is 48.6 Å². The van der Waals surface area contributed by atoms with Gasteiger partial charge in [0.05, 0.1) is 19.2 Å². The molecule has 1 unspecified atom stereocenters. The van der Waals surface area contributed by atoms with Crippen molar-refractivity contribution in [1.82, 2.24) is 9.88 Å². The number of aromatic nitrogens is 1. The van der Waals surface area contributed by atoms with Gasteiger partial charge in [-0.05, 0) is 30.5 Å². The van der Waals surface area contributed by atoms with E-state index in [0.29, 0.717) is 11.8 Å². The van der Waals surface area contributed by atoms with Crippen molar-refractivity contribution in [2.75, 3.05) is 13.2 Å². The van der Waals surface area contributed by atoms with Crippen molar-refractivity contribution in [3.05, 3.63) is 83.7 Å². The lowest BCUT2D eigenvalue weighted by Crippen LogP contribution is -2.32. The summed E-state index contributed by atoms with van der Waals surface area (Å²) in [6.45, 7) is 2.92. The summed E-state index contributed by atoms with van der Waals surface area (Å²) in [4.78, 5) is 6.62. The molecule has 0 bridgehead atoms. The van der Waals surface area contributed by atoms with Crippen molar-refractivity contribution in [2.45, 2.75) is 37.8 Å². The van der Waals surface area contributed by atoms with Gasteiger partial charge in [0.1, 0.15) is 6.10 Å². The number of aryl methyl sites for hydroxylation is 1. The quantitative estimate of drug-likeness (QED) is 0.878. The highest BCUT2D eigenvalue weighted by atomic mass is 16.5. The molecular formula is C23H26N2O2. The summed E-state index contributed by atoms with van der Waals surface area (Å²) in [5, 5.41) is 9.85. The molecule has 1 saturated heterocycles. The first kappa shape index (κ1) is 17.8. The molecule has 3 atom stereocenters. The summed E-state index contributed by atoms with van der Waals surface area (Å²) < 4.78 is 6.06. The van der Waals surface area contributed by atoms with E-state index in [1.165, 1.54) is 11.3 Å². The second kappa shape index (κ2) is 7.97. The van der Waals surface area contributed by atoms with E-state index >= 15 is 0 Å². The van der Waals surface area contributed by atoms with Crippen LogP contribution in [0.3, 0.4) is 0 Å². The Morgan fingerprint density at radius 3 is 2.70 bits per heavy atom. The van der Waals surface area contributed by atoms with Crippen LogP contribution in [-0.4, -0.2) is 40.3 Å². The van der Waals surface area contributed by atoms with Crippen molar-refractivity contribution >= 4 is 0 Å². The number of hydrogen-bond acceptors (Lipinski definition) is 4. The number of benzene rings is 1. The third kappa shape index (κ3) is 4.06. The van der Waals surface area contributed by atoms with E-state index in [-0.39, 0.29) is 18.8 Å². The summed E-state index contributed by atoms with van der Waals surface area (Å²) in [5.74, 6) is 1.08. The Bertz CT molecular complexity index is 814. The summed E-state index contributed by atoms with van der Waals surface area (Å²) >= 11 is 0. The third-order valence-electron chi connectivity index (χ3n) is 5.40. The number of nitrogens with zero attached hydrogens (tertiary/aromatic N) is 2. The molecule has 0 amide bonds. The summed E-state index contributed by atoms with van der Waals surface area (Å²) in [6, 6.07) is 14.6. The molecule has 140 valence electrons. The molecule has 4 rings (SSSR count). The minimum absolute atomic E-state index is 0.0403. The smallest absolute Gasteiger partial charge is 0.213 e. The van der Waals surface area contributed by atoms with Crippen LogP contribution in [0.25, 0.3) is 0 Å². The van der Waals surface area contributed by atoms with E-state index in [1.54, 1.807) is 0 Å². The first-order valence-electron chi connectivity index (χ1n) is 9.63.